The molecule has 1 atom stereocenters. The molecule has 0 N–H and O–H groups in total. The van der Waals surface area contributed by atoms with E-state index in [-0.39, 0.29) is 5.92 Å². The van der Waals surface area contributed by atoms with Gasteiger partial charge in [0.1, 0.15) is 6.29 Å². The average Bonchev–Trinajstić information content (AvgIpc) is 2.10. The monoisotopic (exact) mass is 252 g/mol. The molecule has 1 aromatic rings. The van der Waals surface area contributed by atoms with Gasteiger partial charge in [0.05, 0.1) is 0 Å². The van der Waals surface area contributed by atoms with Gasteiger partial charge in [0.25, 0.3) is 0 Å². The number of aldehydes is 1. The van der Waals surface area contributed by atoms with Gasteiger partial charge in [-0.1, -0.05) is 34.5 Å². The minimum atomic E-state index is 0.112. The molecule has 0 saturated heterocycles. The summed E-state index contributed by atoms with van der Waals surface area (Å²) in [6.45, 7) is 0. The van der Waals surface area contributed by atoms with Crippen molar-refractivity contribution < 1.29 is 4.79 Å². The van der Waals surface area contributed by atoms with Gasteiger partial charge in [-0.05, 0) is 36.5 Å². The van der Waals surface area contributed by atoms with Crippen LogP contribution in [0, 0.1) is 5.92 Å². The number of carbonyl (C=O) groups is 1. The van der Waals surface area contributed by atoms with E-state index in [0.29, 0.717) is 5.92 Å². The molecule has 14 heavy (non-hydrogen) atoms. The van der Waals surface area contributed by atoms with Gasteiger partial charge in [-0.25, -0.2) is 0 Å². The summed E-state index contributed by atoms with van der Waals surface area (Å²) in [6.07, 6.45) is 4.79. The van der Waals surface area contributed by atoms with Crippen LogP contribution in [0.3, 0.4) is 0 Å². The molecule has 2 rings (SSSR count). The molecule has 1 aliphatic carbocycles. The van der Waals surface area contributed by atoms with Gasteiger partial charge in [-0.3, -0.25) is 0 Å². The highest BCUT2D eigenvalue weighted by molar-refractivity contribution is 9.10. The molecular formula is C12H13BrO. The molecule has 2 heteroatoms. The number of halogens is 1. The lowest BCUT2D eigenvalue weighted by Gasteiger charge is -2.30. The van der Waals surface area contributed by atoms with Crippen LogP contribution in [-0.2, 0) is 4.79 Å². The van der Waals surface area contributed by atoms with Crippen LogP contribution < -0.4 is 0 Å². The van der Waals surface area contributed by atoms with Crippen LogP contribution in [0.4, 0.5) is 0 Å². The second kappa shape index (κ2) is 4.26. The van der Waals surface area contributed by atoms with Crippen molar-refractivity contribution in [2.24, 2.45) is 5.92 Å². The summed E-state index contributed by atoms with van der Waals surface area (Å²) >= 11 is 3.43. The Bertz CT molecular complexity index is 331. The van der Waals surface area contributed by atoms with Crippen LogP contribution in [-0.4, -0.2) is 6.29 Å². The molecule has 1 nitrogen and oxygen atoms in total. The van der Waals surface area contributed by atoms with Crippen LogP contribution >= 0.6 is 15.9 Å². The van der Waals surface area contributed by atoms with E-state index in [4.69, 9.17) is 0 Å². The highest BCUT2D eigenvalue weighted by atomic mass is 79.9. The lowest BCUT2D eigenvalue weighted by molar-refractivity contribution is -0.110. The van der Waals surface area contributed by atoms with E-state index < -0.39 is 0 Å². The summed E-state index contributed by atoms with van der Waals surface area (Å²) in [6, 6.07) is 8.08. The fourth-order valence-electron chi connectivity index (χ4n) is 1.97. The third-order valence-corrected chi connectivity index (χ3v) is 3.53. The van der Waals surface area contributed by atoms with Gasteiger partial charge in [-0.15, -0.1) is 0 Å². The highest BCUT2D eigenvalue weighted by Gasteiger charge is 2.27. The van der Waals surface area contributed by atoms with Crippen molar-refractivity contribution in [3.05, 3.63) is 34.3 Å². The molecule has 1 saturated carbocycles. The molecule has 0 heterocycles. The molecule has 74 valence electrons. The maximum Gasteiger partial charge on any atom is 0.127 e. The van der Waals surface area contributed by atoms with Crippen LogP contribution in [0.5, 0.6) is 0 Å². The van der Waals surface area contributed by atoms with Crippen LogP contribution in [0.15, 0.2) is 28.7 Å². The van der Waals surface area contributed by atoms with Crippen molar-refractivity contribution in [3.63, 3.8) is 0 Å². The first-order chi connectivity index (χ1) is 6.81. The Hall–Kier alpha value is -0.630. The van der Waals surface area contributed by atoms with E-state index in [2.05, 4.69) is 22.0 Å². The Balaban J connectivity index is 2.21. The van der Waals surface area contributed by atoms with Crippen LogP contribution in [0.1, 0.15) is 30.7 Å². The zero-order chi connectivity index (χ0) is 9.97. The van der Waals surface area contributed by atoms with Crippen LogP contribution in [0.2, 0.25) is 0 Å². The standard InChI is InChI=1S/C12H13BrO/c13-11-6-2-5-10(7-11)12(8-14)9-3-1-4-9/h2,5-9,12H,1,3-4H2. The first kappa shape index (κ1) is 9.91. The number of rotatable bonds is 3. The number of hydrogen-bond donors (Lipinski definition) is 0. The Labute approximate surface area is 92.6 Å². The number of carbonyl (C=O) groups excluding carboxylic acids is 1. The van der Waals surface area contributed by atoms with Gasteiger partial charge in [0, 0.05) is 10.4 Å². The van der Waals surface area contributed by atoms with Crippen molar-refractivity contribution in [2.45, 2.75) is 25.2 Å². The molecule has 0 bridgehead atoms. The van der Waals surface area contributed by atoms with Gasteiger partial charge in [0.15, 0.2) is 0 Å². The zero-order valence-corrected chi connectivity index (χ0v) is 9.53. The highest BCUT2D eigenvalue weighted by Crippen LogP contribution is 2.38. The average molecular weight is 253 g/mol. The van der Waals surface area contributed by atoms with E-state index in [1.165, 1.54) is 19.3 Å². The van der Waals surface area contributed by atoms with Crippen LogP contribution in [0.25, 0.3) is 0 Å². The maximum absolute atomic E-state index is 11.0. The van der Waals surface area contributed by atoms with Gasteiger partial charge in [-0.2, -0.15) is 0 Å². The molecule has 0 aliphatic heterocycles. The predicted octanol–water partition coefficient (Wildman–Crippen LogP) is 3.53. The Kier molecular flexibility index (Phi) is 3.02. The fourth-order valence-corrected chi connectivity index (χ4v) is 2.39. The van der Waals surface area contributed by atoms with Gasteiger partial charge < -0.3 is 4.79 Å². The summed E-state index contributed by atoms with van der Waals surface area (Å²) in [7, 11) is 0. The molecule has 0 aromatic heterocycles. The Morgan fingerprint density at radius 3 is 2.71 bits per heavy atom. The van der Waals surface area contributed by atoms with E-state index in [1.54, 1.807) is 0 Å². The number of benzene rings is 1. The van der Waals surface area contributed by atoms with Crippen molar-refractivity contribution in [1.29, 1.82) is 0 Å². The zero-order valence-electron chi connectivity index (χ0n) is 7.95. The normalized spacial score (nSPS) is 18.6. The molecule has 0 radical (unpaired) electrons. The molecule has 1 unspecified atom stereocenters. The van der Waals surface area contributed by atoms with Gasteiger partial charge >= 0.3 is 0 Å². The van der Waals surface area contributed by atoms with E-state index in [0.717, 1.165) is 16.3 Å². The topological polar surface area (TPSA) is 17.1 Å². The molecule has 1 aliphatic rings. The largest absolute Gasteiger partial charge is 0.303 e. The van der Waals surface area contributed by atoms with E-state index >= 15 is 0 Å². The van der Waals surface area contributed by atoms with E-state index in [1.807, 2.05) is 18.2 Å². The Morgan fingerprint density at radius 2 is 2.21 bits per heavy atom. The van der Waals surface area contributed by atoms with Crippen molar-refractivity contribution in [1.82, 2.24) is 0 Å². The molecule has 1 fully saturated rings. The second-order valence-electron chi connectivity index (χ2n) is 3.91. The minimum Gasteiger partial charge on any atom is -0.303 e. The smallest absolute Gasteiger partial charge is 0.127 e. The second-order valence-corrected chi connectivity index (χ2v) is 4.82. The summed E-state index contributed by atoms with van der Waals surface area (Å²) in [5, 5.41) is 0. The summed E-state index contributed by atoms with van der Waals surface area (Å²) in [4.78, 5) is 11.0. The fraction of sp³-hybridized carbons (Fsp3) is 0.417. The quantitative estimate of drug-likeness (QED) is 0.753. The minimum absolute atomic E-state index is 0.112. The summed E-state index contributed by atoms with van der Waals surface area (Å²) in [5.74, 6) is 0.697. The summed E-state index contributed by atoms with van der Waals surface area (Å²) < 4.78 is 1.06. The third-order valence-electron chi connectivity index (χ3n) is 3.04. The third kappa shape index (κ3) is 1.90. The summed E-state index contributed by atoms with van der Waals surface area (Å²) in [5.41, 5.74) is 1.15. The first-order valence-corrected chi connectivity index (χ1v) is 5.81. The van der Waals surface area contributed by atoms with Crippen molar-refractivity contribution >= 4 is 22.2 Å². The molecule has 1 aromatic carbocycles. The van der Waals surface area contributed by atoms with Crippen molar-refractivity contribution in [3.8, 4) is 0 Å². The predicted molar refractivity (Wildman–Crippen MR) is 60.3 cm³/mol. The van der Waals surface area contributed by atoms with E-state index in [9.17, 15) is 4.79 Å². The Morgan fingerprint density at radius 1 is 1.43 bits per heavy atom. The molecular weight excluding hydrogens is 240 g/mol. The lowest BCUT2D eigenvalue weighted by Crippen LogP contribution is -2.21. The first-order valence-electron chi connectivity index (χ1n) is 5.02. The van der Waals surface area contributed by atoms with Crippen molar-refractivity contribution in [2.75, 3.05) is 0 Å². The molecule has 0 spiro atoms. The van der Waals surface area contributed by atoms with Gasteiger partial charge in [0.2, 0.25) is 0 Å². The number of hydrogen-bond acceptors (Lipinski definition) is 1. The molecule has 0 amide bonds. The maximum atomic E-state index is 11.0. The lowest BCUT2D eigenvalue weighted by atomic mass is 9.74. The SMILES string of the molecule is O=CC(c1cccc(Br)c1)C1CCC1.